The molecule has 94 valence electrons. The Morgan fingerprint density at radius 1 is 1.47 bits per heavy atom. The summed E-state index contributed by atoms with van der Waals surface area (Å²) in [6, 6.07) is 3.85. The monoisotopic (exact) mass is 238 g/mol. The van der Waals surface area contributed by atoms with Gasteiger partial charge in [-0.1, -0.05) is 13.8 Å². The fourth-order valence-electron chi connectivity index (χ4n) is 1.49. The van der Waals surface area contributed by atoms with Crippen LogP contribution in [0.2, 0.25) is 0 Å². The van der Waals surface area contributed by atoms with Crippen LogP contribution < -0.4 is 5.73 Å². The zero-order chi connectivity index (χ0) is 13.0. The van der Waals surface area contributed by atoms with E-state index >= 15 is 0 Å². The van der Waals surface area contributed by atoms with Crippen LogP contribution in [0.25, 0.3) is 0 Å². The predicted molar refractivity (Wildman–Crippen MR) is 67.2 cm³/mol. The van der Waals surface area contributed by atoms with Crippen molar-refractivity contribution in [2.45, 2.75) is 20.3 Å². The second-order valence-electron chi connectivity index (χ2n) is 4.64. The standard InChI is InChI=1S/C13H19FN2O/c1-9(2)6-7-16(3)13(17)11-5-4-10(14)8-12(11)15/h4-5,8-9H,6-7,15H2,1-3H3. The average molecular weight is 238 g/mol. The van der Waals surface area contributed by atoms with Crippen molar-refractivity contribution in [3.8, 4) is 0 Å². The molecule has 0 saturated heterocycles. The molecular weight excluding hydrogens is 219 g/mol. The van der Waals surface area contributed by atoms with Gasteiger partial charge in [0, 0.05) is 19.3 Å². The van der Waals surface area contributed by atoms with E-state index in [0.717, 1.165) is 6.42 Å². The number of benzene rings is 1. The Hall–Kier alpha value is -1.58. The van der Waals surface area contributed by atoms with Crippen molar-refractivity contribution in [2.24, 2.45) is 5.92 Å². The lowest BCUT2D eigenvalue weighted by atomic mass is 10.1. The number of nitrogens with zero attached hydrogens (tertiary/aromatic N) is 1. The third kappa shape index (κ3) is 3.73. The van der Waals surface area contributed by atoms with Crippen molar-refractivity contribution < 1.29 is 9.18 Å². The third-order valence-electron chi connectivity index (χ3n) is 2.63. The van der Waals surface area contributed by atoms with Crippen LogP contribution in [0.3, 0.4) is 0 Å². The van der Waals surface area contributed by atoms with Crippen molar-refractivity contribution in [1.82, 2.24) is 4.90 Å². The van der Waals surface area contributed by atoms with E-state index in [1.807, 2.05) is 0 Å². The van der Waals surface area contributed by atoms with Gasteiger partial charge in [0.15, 0.2) is 0 Å². The molecule has 4 heteroatoms. The van der Waals surface area contributed by atoms with E-state index in [4.69, 9.17) is 5.73 Å². The van der Waals surface area contributed by atoms with Crippen molar-refractivity contribution in [1.29, 1.82) is 0 Å². The predicted octanol–water partition coefficient (Wildman–Crippen LogP) is 2.53. The summed E-state index contributed by atoms with van der Waals surface area (Å²) in [7, 11) is 1.73. The number of anilines is 1. The zero-order valence-corrected chi connectivity index (χ0v) is 10.5. The first kappa shape index (κ1) is 13.5. The fourth-order valence-corrected chi connectivity index (χ4v) is 1.49. The van der Waals surface area contributed by atoms with E-state index in [9.17, 15) is 9.18 Å². The van der Waals surface area contributed by atoms with Crippen LogP contribution in [0.5, 0.6) is 0 Å². The Morgan fingerprint density at radius 3 is 2.65 bits per heavy atom. The van der Waals surface area contributed by atoms with Crippen molar-refractivity contribution >= 4 is 11.6 Å². The summed E-state index contributed by atoms with van der Waals surface area (Å²) in [4.78, 5) is 13.6. The molecule has 0 atom stereocenters. The Balaban J connectivity index is 2.75. The van der Waals surface area contributed by atoms with Crippen LogP contribution in [0.1, 0.15) is 30.6 Å². The molecule has 0 fully saturated rings. The van der Waals surface area contributed by atoms with Gasteiger partial charge in [-0.25, -0.2) is 4.39 Å². The minimum absolute atomic E-state index is 0.164. The maximum atomic E-state index is 12.9. The first-order valence-electron chi connectivity index (χ1n) is 5.72. The second kappa shape index (κ2) is 5.66. The highest BCUT2D eigenvalue weighted by atomic mass is 19.1. The summed E-state index contributed by atoms with van der Waals surface area (Å²) in [6.45, 7) is 4.88. The van der Waals surface area contributed by atoms with E-state index < -0.39 is 5.82 Å². The number of carbonyl (C=O) groups excluding carboxylic acids is 1. The van der Waals surface area contributed by atoms with Crippen LogP contribution in [0, 0.1) is 11.7 Å². The van der Waals surface area contributed by atoms with Crippen LogP contribution in [0.4, 0.5) is 10.1 Å². The third-order valence-corrected chi connectivity index (χ3v) is 2.63. The van der Waals surface area contributed by atoms with Gasteiger partial charge < -0.3 is 10.6 Å². The number of nitrogens with two attached hydrogens (primary N) is 1. The fraction of sp³-hybridized carbons (Fsp3) is 0.462. The maximum Gasteiger partial charge on any atom is 0.255 e. The normalized spacial score (nSPS) is 10.6. The van der Waals surface area contributed by atoms with Crippen molar-refractivity contribution in [3.05, 3.63) is 29.6 Å². The highest BCUT2D eigenvalue weighted by Crippen LogP contribution is 2.15. The number of carbonyl (C=O) groups is 1. The summed E-state index contributed by atoms with van der Waals surface area (Å²) in [5, 5.41) is 0. The van der Waals surface area contributed by atoms with Gasteiger partial charge in [0.25, 0.3) is 5.91 Å². The molecular formula is C13H19FN2O. The molecule has 3 nitrogen and oxygen atoms in total. The summed E-state index contributed by atoms with van der Waals surface area (Å²) in [5.41, 5.74) is 6.17. The Labute approximate surface area is 101 Å². The number of amides is 1. The summed E-state index contributed by atoms with van der Waals surface area (Å²) in [6.07, 6.45) is 0.934. The van der Waals surface area contributed by atoms with Gasteiger partial charge in [0.1, 0.15) is 5.82 Å². The lowest BCUT2D eigenvalue weighted by molar-refractivity contribution is 0.0790. The Kier molecular flexibility index (Phi) is 4.49. The van der Waals surface area contributed by atoms with E-state index in [1.54, 1.807) is 11.9 Å². The van der Waals surface area contributed by atoms with E-state index in [0.29, 0.717) is 18.0 Å². The topological polar surface area (TPSA) is 46.3 Å². The molecule has 1 aromatic carbocycles. The number of hydrogen-bond acceptors (Lipinski definition) is 2. The highest BCUT2D eigenvalue weighted by molar-refractivity contribution is 5.98. The molecule has 0 unspecified atom stereocenters. The lowest BCUT2D eigenvalue weighted by Gasteiger charge is -2.19. The lowest BCUT2D eigenvalue weighted by Crippen LogP contribution is -2.29. The number of rotatable bonds is 4. The molecule has 0 bridgehead atoms. The zero-order valence-electron chi connectivity index (χ0n) is 10.5. The van der Waals surface area contributed by atoms with Gasteiger partial charge in [0.2, 0.25) is 0 Å². The van der Waals surface area contributed by atoms with Crippen LogP contribution in [-0.2, 0) is 0 Å². The molecule has 0 aliphatic carbocycles. The SMILES string of the molecule is CC(C)CCN(C)C(=O)c1ccc(F)cc1N. The van der Waals surface area contributed by atoms with Gasteiger partial charge in [-0.3, -0.25) is 4.79 Å². The Morgan fingerprint density at radius 2 is 2.12 bits per heavy atom. The molecule has 0 saturated carbocycles. The minimum atomic E-state index is -0.427. The van der Waals surface area contributed by atoms with Gasteiger partial charge >= 0.3 is 0 Å². The van der Waals surface area contributed by atoms with Crippen molar-refractivity contribution in [2.75, 3.05) is 19.3 Å². The summed E-state index contributed by atoms with van der Waals surface area (Å²) in [5.74, 6) is -0.0529. The van der Waals surface area contributed by atoms with Crippen LogP contribution in [-0.4, -0.2) is 24.4 Å². The minimum Gasteiger partial charge on any atom is -0.398 e. The van der Waals surface area contributed by atoms with E-state index in [-0.39, 0.29) is 11.6 Å². The number of halogens is 1. The van der Waals surface area contributed by atoms with Gasteiger partial charge in [-0.05, 0) is 30.5 Å². The molecule has 0 heterocycles. The van der Waals surface area contributed by atoms with Gasteiger partial charge in [0.05, 0.1) is 5.56 Å². The van der Waals surface area contributed by atoms with Gasteiger partial charge in [-0.2, -0.15) is 0 Å². The van der Waals surface area contributed by atoms with E-state index in [2.05, 4.69) is 13.8 Å². The molecule has 0 aliphatic heterocycles. The number of hydrogen-bond donors (Lipinski definition) is 1. The molecule has 17 heavy (non-hydrogen) atoms. The van der Waals surface area contributed by atoms with E-state index in [1.165, 1.54) is 18.2 Å². The molecule has 1 aromatic rings. The average Bonchev–Trinajstić information content (AvgIpc) is 2.25. The highest BCUT2D eigenvalue weighted by Gasteiger charge is 2.15. The Bertz CT molecular complexity index is 404. The summed E-state index contributed by atoms with van der Waals surface area (Å²) >= 11 is 0. The molecule has 1 amide bonds. The first-order valence-corrected chi connectivity index (χ1v) is 5.72. The largest absolute Gasteiger partial charge is 0.398 e. The molecule has 0 aromatic heterocycles. The summed E-state index contributed by atoms with van der Waals surface area (Å²) < 4.78 is 12.9. The molecule has 1 rings (SSSR count). The second-order valence-corrected chi connectivity index (χ2v) is 4.64. The van der Waals surface area contributed by atoms with Crippen LogP contribution in [0.15, 0.2) is 18.2 Å². The van der Waals surface area contributed by atoms with Crippen molar-refractivity contribution in [3.63, 3.8) is 0 Å². The molecule has 0 spiro atoms. The number of nitrogen functional groups attached to an aromatic ring is 1. The van der Waals surface area contributed by atoms with Crippen LogP contribution >= 0.6 is 0 Å². The molecule has 2 N–H and O–H groups in total. The van der Waals surface area contributed by atoms with Gasteiger partial charge in [-0.15, -0.1) is 0 Å². The molecule has 0 radical (unpaired) electrons. The first-order chi connectivity index (χ1) is 7.91. The smallest absolute Gasteiger partial charge is 0.255 e. The molecule has 0 aliphatic rings. The quantitative estimate of drug-likeness (QED) is 0.819. The maximum absolute atomic E-state index is 12.9.